The number of ketones is 1. The Morgan fingerprint density at radius 3 is 2.50 bits per heavy atom. The molecule has 0 fully saturated rings. The second-order valence-electron chi connectivity index (χ2n) is 5.68. The summed E-state index contributed by atoms with van der Waals surface area (Å²) in [6, 6.07) is 16.7. The quantitative estimate of drug-likeness (QED) is 0.667. The molecule has 1 atom stereocenters. The van der Waals surface area contributed by atoms with Crippen LogP contribution >= 0.6 is 22.9 Å². The molecule has 0 saturated heterocycles. The number of phenols is 1. The van der Waals surface area contributed by atoms with Crippen LogP contribution in [0.5, 0.6) is 5.75 Å². The lowest BCUT2D eigenvalue weighted by Crippen LogP contribution is -2.27. The molecule has 2 heterocycles. The van der Waals surface area contributed by atoms with Crippen molar-refractivity contribution in [2.24, 2.45) is 0 Å². The highest BCUT2D eigenvalue weighted by molar-refractivity contribution is 7.21. The molecule has 0 radical (unpaired) electrons. The van der Waals surface area contributed by atoms with Crippen molar-refractivity contribution in [3.05, 3.63) is 70.1 Å². The normalized spacial score (nSPS) is 16.5. The molecule has 1 unspecified atom stereocenters. The summed E-state index contributed by atoms with van der Waals surface area (Å²) in [5, 5.41) is 14.2. The van der Waals surface area contributed by atoms with Gasteiger partial charge >= 0.3 is 0 Å². The number of anilines is 1. The molecule has 1 aliphatic heterocycles. The van der Waals surface area contributed by atoms with E-state index in [4.69, 9.17) is 11.6 Å². The fourth-order valence-electron chi connectivity index (χ4n) is 3.12. The van der Waals surface area contributed by atoms with Crippen LogP contribution in [0.4, 0.5) is 5.00 Å². The van der Waals surface area contributed by atoms with Gasteiger partial charge in [-0.05, 0) is 11.6 Å². The Bertz CT molecular complexity index is 920. The number of rotatable bonds is 2. The number of nitrogens with one attached hydrogen (secondary N) is 1. The zero-order valence-electron chi connectivity index (χ0n) is 12.6. The largest absolute Gasteiger partial charge is 0.508 e. The number of hydrogen-bond donors (Lipinski definition) is 2. The molecule has 0 spiro atoms. The average molecular weight is 356 g/mol. The molecule has 3 aromatic rings. The van der Waals surface area contributed by atoms with E-state index in [1.807, 2.05) is 36.4 Å². The van der Waals surface area contributed by atoms with Gasteiger partial charge < -0.3 is 10.4 Å². The van der Waals surface area contributed by atoms with Crippen LogP contribution in [0.15, 0.2) is 54.6 Å². The Labute approximate surface area is 148 Å². The highest BCUT2D eigenvalue weighted by Crippen LogP contribution is 2.47. The SMILES string of the molecule is O=C1c2c(sc(Cl)c2-c2ccccc2)NCC1c1ccccc1O. The van der Waals surface area contributed by atoms with Gasteiger partial charge in [0.15, 0.2) is 5.78 Å². The van der Waals surface area contributed by atoms with Gasteiger partial charge in [0.25, 0.3) is 0 Å². The number of para-hydroxylation sites is 1. The van der Waals surface area contributed by atoms with Gasteiger partial charge in [-0.25, -0.2) is 0 Å². The molecule has 0 aliphatic carbocycles. The predicted octanol–water partition coefficient (Wildman–Crippen LogP) is 5.17. The van der Waals surface area contributed by atoms with Crippen molar-refractivity contribution in [2.75, 3.05) is 11.9 Å². The first-order valence-electron chi connectivity index (χ1n) is 7.60. The van der Waals surface area contributed by atoms with Gasteiger partial charge in [-0.1, -0.05) is 60.1 Å². The van der Waals surface area contributed by atoms with Crippen LogP contribution in [0.3, 0.4) is 0 Å². The van der Waals surface area contributed by atoms with Crippen molar-refractivity contribution < 1.29 is 9.90 Å². The van der Waals surface area contributed by atoms with Crippen molar-refractivity contribution >= 4 is 33.7 Å². The molecule has 2 aromatic carbocycles. The third-order valence-corrected chi connectivity index (χ3v) is 5.63. The molecular weight excluding hydrogens is 342 g/mol. The van der Waals surface area contributed by atoms with Crippen LogP contribution in [-0.2, 0) is 0 Å². The smallest absolute Gasteiger partial charge is 0.175 e. The van der Waals surface area contributed by atoms with Gasteiger partial charge in [0.2, 0.25) is 0 Å². The Kier molecular flexibility index (Phi) is 3.79. The van der Waals surface area contributed by atoms with E-state index in [0.29, 0.717) is 22.0 Å². The molecule has 1 aliphatic rings. The third kappa shape index (κ3) is 2.39. The van der Waals surface area contributed by atoms with Crippen molar-refractivity contribution in [3.63, 3.8) is 0 Å². The van der Waals surface area contributed by atoms with E-state index in [-0.39, 0.29) is 11.5 Å². The first-order chi connectivity index (χ1) is 11.7. The van der Waals surface area contributed by atoms with Crippen LogP contribution in [0.25, 0.3) is 11.1 Å². The number of thiophene rings is 1. The van der Waals surface area contributed by atoms with E-state index in [9.17, 15) is 9.90 Å². The molecule has 0 amide bonds. The van der Waals surface area contributed by atoms with E-state index < -0.39 is 5.92 Å². The number of fused-ring (bicyclic) bond motifs is 1. The van der Waals surface area contributed by atoms with E-state index in [1.54, 1.807) is 18.2 Å². The minimum atomic E-state index is -0.424. The Morgan fingerprint density at radius 2 is 1.75 bits per heavy atom. The number of carbonyl (C=O) groups excluding carboxylic acids is 1. The number of Topliss-reactive ketones (excluding diaryl/α,β-unsaturated/α-hetero) is 1. The topological polar surface area (TPSA) is 49.3 Å². The Morgan fingerprint density at radius 1 is 1.04 bits per heavy atom. The third-order valence-electron chi connectivity index (χ3n) is 4.27. The maximum atomic E-state index is 13.2. The summed E-state index contributed by atoms with van der Waals surface area (Å²) in [6.45, 7) is 0.453. The lowest BCUT2D eigenvalue weighted by molar-refractivity contribution is 0.0960. The Balaban J connectivity index is 1.85. The van der Waals surface area contributed by atoms with Crippen LogP contribution in [0.1, 0.15) is 21.8 Å². The summed E-state index contributed by atoms with van der Waals surface area (Å²) in [5.41, 5.74) is 2.96. The standard InChI is InChI=1S/C19H14ClNO2S/c20-18-15(11-6-2-1-3-7-11)16-17(23)13(10-21-19(16)24-18)12-8-4-5-9-14(12)22/h1-9,13,21-22H,10H2. The molecule has 2 N–H and O–H groups in total. The highest BCUT2D eigenvalue weighted by atomic mass is 35.5. The molecule has 3 nitrogen and oxygen atoms in total. The monoisotopic (exact) mass is 355 g/mol. The average Bonchev–Trinajstić information content (AvgIpc) is 2.94. The van der Waals surface area contributed by atoms with Gasteiger partial charge in [0, 0.05) is 17.7 Å². The molecular formula is C19H14ClNO2S. The van der Waals surface area contributed by atoms with Gasteiger partial charge in [-0.3, -0.25) is 4.79 Å². The highest BCUT2D eigenvalue weighted by Gasteiger charge is 2.35. The summed E-state index contributed by atoms with van der Waals surface area (Å²) in [5.74, 6) is -0.289. The van der Waals surface area contributed by atoms with E-state index >= 15 is 0 Å². The first-order valence-corrected chi connectivity index (χ1v) is 8.80. The van der Waals surface area contributed by atoms with Crippen molar-refractivity contribution in [3.8, 4) is 16.9 Å². The maximum Gasteiger partial charge on any atom is 0.175 e. The lowest BCUT2D eigenvalue weighted by atomic mass is 9.86. The first kappa shape index (κ1) is 15.2. The number of benzene rings is 2. The molecule has 1 aromatic heterocycles. The van der Waals surface area contributed by atoms with E-state index in [1.165, 1.54) is 11.3 Å². The molecule has 120 valence electrons. The van der Waals surface area contributed by atoms with Crippen LogP contribution in [0, 0.1) is 0 Å². The summed E-state index contributed by atoms with van der Waals surface area (Å²) in [6.07, 6.45) is 0. The van der Waals surface area contributed by atoms with Crippen LogP contribution in [0.2, 0.25) is 4.34 Å². The summed E-state index contributed by atoms with van der Waals surface area (Å²) in [7, 11) is 0. The van der Waals surface area contributed by atoms with Crippen LogP contribution < -0.4 is 5.32 Å². The second-order valence-corrected chi connectivity index (χ2v) is 7.30. The van der Waals surface area contributed by atoms with Gasteiger partial charge in [-0.2, -0.15) is 0 Å². The summed E-state index contributed by atoms with van der Waals surface area (Å²) in [4.78, 5) is 13.2. The van der Waals surface area contributed by atoms with Crippen LogP contribution in [-0.4, -0.2) is 17.4 Å². The molecule has 5 heteroatoms. The minimum absolute atomic E-state index is 0.00717. The van der Waals surface area contributed by atoms with Gasteiger partial charge in [0.1, 0.15) is 15.1 Å². The Hall–Kier alpha value is -2.30. The zero-order valence-corrected chi connectivity index (χ0v) is 14.2. The maximum absolute atomic E-state index is 13.2. The molecule has 0 saturated carbocycles. The number of phenolic OH excluding ortho intramolecular Hbond substituents is 1. The van der Waals surface area contributed by atoms with Crippen molar-refractivity contribution in [2.45, 2.75) is 5.92 Å². The fraction of sp³-hybridized carbons (Fsp3) is 0.105. The van der Waals surface area contributed by atoms with Gasteiger partial charge in [0.05, 0.1) is 11.5 Å². The van der Waals surface area contributed by atoms with E-state index in [2.05, 4.69) is 5.32 Å². The summed E-state index contributed by atoms with van der Waals surface area (Å²) < 4.78 is 0.602. The minimum Gasteiger partial charge on any atom is -0.508 e. The number of halogens is 1. The van der Waals surface area contributed by atoms with Crippen molar-refractivity contribution in [1.29, 1.82) is 0 Å². The molecule has 4 rings (SSSR count). The zero-order chi connectivity index (χ0) is 16.7. The number of hydrogen-bond acceptors (Lipinski definition) is 4. The van der Waals surface area contributed by atoms with Gasteiger partial charge in [-0.15, -0.1) is 11.3 Å². The second kappa shape index (κ2) is 5.96. The fourth-order valence-corrected chi connectivity index (χ4v) is 4.52. The molecule has 0 bridgehead atoms. The number of aromatic hydroxyl groups is 1. The van der Waals surface area contributed by atoms with Crippen molar-refractivity contribution in [1.82, 2.24) is 0 Å². The predicted molar refractivity (Wildman–Crippen MR) is 98.4 cm³/mol. The lowest BCUT2D eigenvalue weighted by Gasteiger charge is -2.24. The molecule has 24 heavy (non-hydrogen) atoms. The number of carbonyl (C=O) groups is 1. The summed E-state index contributed by atoms with van der Waals surface area (Å²) >= 11 is 7.82. The van der Waals surface area contributed by atoms with E-state index in [0.717, 1.165) is 16.1 Å².